The highest BCUT2D eigenvalue weighted by Crippen LogP contribution is 2.08. The van der Waals surface area contributed by atoms with Crippen LogP contribution in [0.5, 0.6) is 0 Å². The molecule has 0 fully saturated rings. The van der Waals surface area contributed by atoms with Crippen molar-refractivity contribution in [1.82, 2.24) is 5.32 Å². The van der Waals surface area contributed by atoms with Gasteiger partial charge in [-0.2, -0.15) is 0 Å². The lowest BCUT2D eigenvalue weighted by molar-refractivity contribution is -0.148. The summed E-state index contributed by atoms with van der Waals surface area (Å²) in [6, 6.07) is 0. The summed E-state index contributed by atoms with van der Waals surface area (Å²) in [5, 5.41) is 3.00. The molecular weight excluding hydrogens is 178 g/mol. The van der Waals surface area contributed by atoms with Gasteiger partial charge in [-0.15, -0.1) is 0 Å². The van der Waals surface area contributed by atoms with Gasteiger partial charge in [0.15, 0.2) is 0 Å². The molecule has 3 heteroatoms. The van der Waals surface area contributed by atoms with E-state index >= 15 is 0 Å². The van der Waals surface area contributed by atoms with Gasteiger partial charge in [-0.25, -0.2) is 0 Å². The van der Waals surface area contributed by atoms with E-state index in [1.165, 1.54) is 0 Å². The van der Waals surface area contributed by atoms with Gasteiger partial charge >= 0.3 is 5.97 Å². The van der Waals surface area contributed by atoms with E-state index in [9.17, 15) is 4.79 Å². The first-order chi connectivity index (χ1) is 6.56. The Hall–Kier alpha value is -0.570. The summed E-state index contributed by atoms with van der Waals surface area (Å²) in [4.78, 5) is 11.3. The first kappa shape index (κ1) is 13.4. The molecule has 0 spiro atoms. The highest BCUT2D eigenvalue weighted by molar-refractivity contribution is 5.69. The third kappa shape index (κ3) is 8.05. The number of hydrogen-bond acceptors (Lipinski definition) is 3. The smallest absolute Gasteiger partial charge is 0.306 e. The minimum absolute atomic E-state index is 0.0529. The minimum Gasteiger partial charge on any atom is -0.463 e. The van der Waals surface area contributed by atoms with Crippen LogP contribution in [0.3, 0.4) is 0 Å². The Balaban J connectivity index is 3.50. The van der Waals surface area contributed by atoms with E-state index in [-0.39, 0.29) is 12.1 Å². The van der Waals surface area contributed by atoms with Crippen molar-refractivity contribution in [2.24, 2.45) is 5.92 Å². The Labute approximate surface area is 87.2 Å². The Bertz CT molecular complexity index is 157. The second kappa shape index (κ2) is 7.80. The number of ether oxygens (including phenoxy) is 1. The van der Waals surface area contributed by atoms with E-state index in [1.807, 2.05) is 14.0 Å². The number of esters is 1. The van der Waals surface area contributed by atoms with Crippen molar-refractivity contribution in [1.29, 1.82) is 0 Å². The second-order valence-corrected chi connectivity index (χ2v) is 4.14. The molecule has 0 aromatic carbocycles. The van der Waals surface area contributed by atoms with Gasteiger partial charge in [0.1, 0.15) is 0 Å². The second-order valence-electron chi connectivity index (χ2n) is 4.14. The topological polar surface area (TPSA) is 38.3 Å². The molecule has 0 aromatic rings. The fourth-order valence-electron chi connectivity index (χ4n) is 1.40. The Morgan fingerprint density at radius 3 is 2.50 bits per heavy atom. The number of carbonyl (C=O) groups excluding carboxylic acids is 1. The maximum atomic E-state index is 11.3. The van der Waals surface area contributed by atoms with Crippen LogP contribution in [0.25, 0.3) is 0 Å². The van der Waals surface area contributed by atoms with Crippen molar-refractivity contribution < 1.29 is 9.53 Å². The van der Waals surface area contributed by atoms with Crippen LogP contribution in [0.2, 0.25) is 0 Å². The maximum Gasteiger partial charge on any atom is 0.306 e. The van der Waals surface area contributed by atoms with Crippen LogP contribution in [-0.2, 0) is 9.53 Å². The summed E-state index contributed by atoms with van der Waals surface area (Å²) < 4.78 is 5.24. The first-order valence-corrected chi connectivity index (χ1v) is 5.40. The van der Waals surface area contributed by atoms with E-state index in [2.05, 4.69) is 19.2 Å². The molecule has 0 saturated carbocycles. The number of rotatable bonds is 7. The highest BCUT2D eigenvalue weighted by Gasteiger charge is 2.10. The van der Waals surface area contributed by atoms with Gasteiger partial charge in [0.05, 0.1) is 6.10 Å². The van der Waals surface area contributed by atoms with Crippen molar-refractivity contribution in [2.45, 2.75) is 46.1 Å². The lowest BCUT2D eigenvalue weighted by Crippen LogP contribution is -2.18. The Morgan fingerprint density at radius 1 is 1.36 bits per heavy atom. The maximum absolute atomic E-state index is 11.3. The lowest BCUT2D eigenvalue weighted by atomic mass is 10.1. The van der Waals surface area contributed by atoms with E-state index in [0.29, 0.717) is 12.3 Å². The summed E-state index contributed by atoms with van der Waals surface area (Å²) in [5.74, 6) is 0.503. The molecule has 84 valence electrons. The SMILES string of the molecule is CNCCCC(=O)OC(C)CC(C)C. The summed E-state index contributed by atoms with van der Waals surface area (Å²) >= 11 is 0. The van der Waals surface area contributed by atoms with Gasteiger partial charge in [-0.05, 0) is 39.3 Å². The van der Waals surface area contributed by atoms with Crippen LogP contribution >= 0.6 is 0 Å². The number of hydrogen-bond donors (Lipinski definition) is 1. The summed E-state index contributed by atoms with van der Waals surface area (Å²) in [5.41, 5.74) is 0. The fourth-order valence-corrected chi connectivity index (χ4v) is 1.40. The largest absolute Gasteiger partial charge is 0.463 e. The van der Waals surface area contributed by atoms with Gasteiger partial charge in [0.25, 0.3) is 0 Å². The van der Waals surface area contributed by atoms with E-state index < -0.39 is 0 Å². The van der Waals surface area contributed by atoms with Gasteiger partial charge in [-0.1, -0.05) is 13.8 Å². The minimum atomic E-state index is -0.0756. The quantitative estimate of drug-likeness (QED) is 0.505. The third-order valence-corrected chi connectivity index (χ3v) is 1.94. The molecule has 1 atom stereocenters. The molecule has 0 aliphatic rings. The third-order valence-electron chi connectivity index (χ3n) is 1.94. The highest BCUT2D eigenvalue weighted by atomic mass is 16.5. The molecule has 0 saturated heterocycles. The monoisotopic (exact) mass is 201 g/mol. The molecular formula is C11H23NO2. The van der Waals surface area contributed by atoms with E-state index in [0.717, 1.165) is 19.4 Å². The Morgan fingerprint density at radius 2 is 2.00 bits per heavy atom. The van der Waals surface area contributed by atoms with Gasteiger partial charge in [0.2, 0.25) is 0 Å². The molecule has 0 rings (SSSR count). The van der Waals surface area contributed by atoms with Gasteiger partial charge in [-0.3, -0.25) is 4.79 Å². The molecule has 0 aliphatic heterocycles. The standard InChI is InChI=1S/C11H23NO2/c1-9(2)8-10(3)14-11(13)6-5-7-12-4/h9-10,12H,5-8H2,1-4H3. The number of nitrogens with one attached hydrogen (secondary N) is 1. The van der Waals surface area contributed by atoms with Crippen LogP contribution in [0.15, 0.2) is 0 Å². The molecule has 0 aliphatic carbocycles. The zero-order valence-electron chi connectivity index (χ0n) is 9.80. The molecule has 3 nitrogen and oxygen atoms in total. The number of carbonyl (C=O) groups is 1. The predicted octanol–water partition coefficient (Wildman–Crippen LogP) is 1.96. The molecule has 0 heterocycles. The molecule has 0 aromatic heterocycles. The van der Waals surface area contributed by atoms with Crippen molar-refractivity contribution in [3.8, 4) is 0 Å². The summed E-state index contributed by atoms with van der Waals surface area (Å²) in [6.45, 7) is 7.08. The normalized spacial score (nSPS) is 12.9. The van der Waals surface area contributed by atoms with Crippen LogP contribution in [0, 0.1) is 5.92 Å². The zero-order valence-corrected chi connectivity index (χ0v) is 9.80. The van der Waals surface area contributed by atoms with Crippen molar-refractivity contribution >= 4 is 5.97 Å². The van der Waals surface area contributed by atoms with Crippen LogP contribution < -0.4 is 5.32 Å². The molecule has 0 bridgehead atoms. The van der Waals surface area contributed by atoms with Crippen molar-refractivity contribution in [2.75, 3.05) is 13.6 Å². The first-order valence-electron chi connectivity index (χ1n) is 5.40. The molecule has 1 unspecified atom stereocenters. The van der Waals surface area contributed by atoms with Gasteiger partial charge in [0, 0.05) is 6.42 Å². The summed E-state index contributed by atoms with van der Waals surface area (Å²) in [6.07, 6.45) is 2.36. The molecule has 1 N–H and O–H groups in total. The molecule has 0 amide bonds. The predicted molar refractivity (Wildman–Crippen MR) is 58.2 cm³/mol. The zero-order chi connectivity index (χ0) is 11.0. The van der Waals surface area contributed by atoms with Crippen LogP contribution in [-0.4, -0.2) is 25.7 Å². The van der Waals surface area contributed by atoms with Gasteiger partial charge < -0.3 is 10.1 Å². The van der Waals surface area contributed by atoms with Crippen molar-refractivity contribution in [3.63, 3.8) is 0 Å². The fraction of sp³-hybridized carbons (Fsp3) is 0.909. The van der Waals surface area contributed by atoms with E-state index in [4.69, 9.17) is 4.74 Å². The van der Waals surface area contributed by atoms with Crippen LogP contribution in [0.1, 0.15) is 40.0 Å². The van der Waals surface area contributed by atoms with Crippen molar-refractivity contribution in [3.05, 3.63) is 0 Å². The molecule has 14 heavy (non-hydrogen) atoms. The average Bonchev–Trinajstić information content (AvgIpc) is 2.02. The Kier molecular flexibility index (Phi) is 7.48. The molecule has 0 radical (unpaired) electrons. The average molecular weight is 201 g/mol. The lowest BCUT2D eigenvalue weighted by Gasteiger charge is -2.14. The van der Waals surface area contributed by atoms with Crippen LogP contribution in [0.4, 0.5) is 0 Å². The van der Waals surface area contributed by atoms with E-state index in [1.54, 1.807) is 0 Å². The summed E-state index contributed by atoms with van der Waals surface area (Å²) in [7, 11) is 1.88.